The molecule has 1 aromatic carbocycles. The zero-order valence-corrected chi connectivity index (χ0v) is 9.85. The van der Waals surface area contributed by atoms with Crippen LogP contribution in [0.2, 0.25) is 5.02 Å². The molecule has 0 aliphatic carbocycles. The van der Waals surface area contributed by atoms with Crippen LogP contribution in [0.1, 0.15) is 0 Å². The van der Waals surface area contributed by atoms with E-state index in [1.807, 2.05) is 0 Å². The summed E-state index contributed by atoms with van der Waals surface area (Å²) in [6.45, 7) is 0.136. The average Bonchev–Trinajstić information content (AvgIpc) is 2.16. The maximum Gasteiger partial charge on any atom is 0.325 e. The van der Waals surface area contributed by atoms with E-state index >= 15 is 0 Å². The van der Waals surface area contributed by atoms with Gasteiger partial charge >= 0.3 is 5.97 Å². The molecule has 0 heterocycles. The van der Waals surface area contributed by atoms with E-state index in [1.165, 1.54) is 7.11 Å². The van der Waals surface area contributed by atoms with Gasteiger partial charge in [0.25, 0.3) is 0 Å². The molecule has 0 aromatic heterocycles. The summed E-state index contributed by atoms with van der Waals surface area (Å²) in [5.74, 6) is -0.313. The number of hydrogen-bond acceptors (Lipinski definition) is 3. The first-order chi connectivity index (χ1) is 6.63. The van der Waals surface area contributed by atoms with E-state index in [1.54, 1.807) is 18.2 Å². The largest absolute Gasteiger partial charge is 0.468 e. The SMILES string of the molecule is COC(=O)CNc1ccc(Cl)cc1Br. The monoisotopic (exact) mass is 277 g/mol. The number of carbonyl (C=O) groups excluding carboxylic acids is 1. The highest BCUT2D eigenvalue weighted by molar-refractivity contribution is 9.10. The molecule has 5 heteroatoms. The van der Waals surface area contributed by atoms with Gasteiger partial charge in [0.1, 0.15) is 6.54 Å². The number of halogens is 2. The van der Waals surface area contributed by atoms with Gasteiger partial charge < -0.3 is 10.1 Å². The van der Waals surface area contributed by atoms with Crippen molar-refractivity contribution in [1.29, 1.82) is 0 Å². The second kappa shape index (κ2) is 5.22. The van der Waals surface area contributed by atoms with Crippen LogP contribution in [0.25, 0.3) is 0 Å². The van der Waals surface area contributed by atoms with Crippen molar-refractivity contribution in [3.8, 4) is 0 Å². The molecule has 0 radical (unpaired) electrons. The molecule has 14 heavy (non-hydrogen) atoms. The summed E-state index contributed by atoms with van der Waals surface area (Å²) < 4.78 is 5.31. The van der Waals surface area contributed by atoms with Gasteiger partial charge in [-0.25, -0.2) is 0 Å². The molecular formula is C9H9BrClNO2. The van der Waals surface area contributed by atoms with Crippen molar-refractivity contribution in [2.75, 3.05) is 19.0 Å². The number of methoxy groups -OCH3 is 1. The van der Waals surface area contributed by atoms with Crippen LogP contribution in [-0.4, -0.2) is 19.6 Å². The fourth-order valence-corrected chi connectivity index (χ4v) is 1.70. The smallest absolute Gasteiger partial charge is 0.325 e. The van der Waals surface area contributed by atoms with Gasteiger partial charge in [-0.05, 0) is 34.1 Å². The summed E-state index contributed by atoms with van der Waals surface area (Å²) in [5.41, 5.74) is 0.805. The van der Waals surface area contributed by atoms with Crippen LogP contribution < -0.4 is 5.32 Å². The van der Waals surface area contributed by atoms with Crippen LogP contribution in [0.3, 0.4) is 0 Å². The minimum absolute atomic E-state index is 0.136. The van der Waals surface area contributed by atoms with Gasteiger partial charge in [0.2, 0.25) is 0 Å². The molecule has 0 bridgehead atoms. The Bertz CT molecular complexity index is 344. The van der Waals surface area contributed by atoms with Crippen molar-refractivity contribution in [2.24, 2.45) is 0 Å². The second-order valence-corrected chi connectivity index (χ2v) is 3.84. The van der Waals surface area contributed by atoms with Crippen LogP contribution in [0.4, 0.5) is 5.69 Å². The van der Waals surface area contributed by atoms with E-state index in [4.69, 9.17) is 11.6 Å². The van der Waals surface area contributed by atoms with Gasteiger partial charge in [-0.3, -0.25) is 4.79 Å². The van der Waals surface area contributed by atoms with Gasteiger partial charge in [-0.15, -0.1) is 0 Å². The quantitative estimate of drug-likeness (QED) is 0.864. The summed E-state index contributed by atoms with van der Waals surface area (Å²) in [4.78, 5) is 10.8. The Hall–Kier alpha value is -0.740. The summed E-state index contributed by atoms with van der Waals surface area (Å²) >= 11 is 9.08. The molecule has 0 atom stereocenters. The Morgan fingerprint density at radius 1 is 1.64 bits per heavy atom. The molecule has 0 saturated heterocycles. The highest BCUT2D eigenvalue weighted by Crippen LogP contribution is 2.25. The number of ether oxygens (including phenoxy) is 1. The first kappa shape index (κ1) is 11.3. The first-order valence-electron chi connectivity index (χ1n) is 3.89. The van der Waals surface area contributed by atoms with Crippen molar-refractivity contribution in [3.63, 3.8) is 0 Å². The minimum atomic E-state index is -0.313. The zero-order chi connectivity index (χ0) is 10.6. The third kappa shape index (κ3) is 3.20. The van der Waals surface area contributed by atoms with E-state index in [-0.39, 0.29) is 12.5 Å². The third-order valence-electron chi connectivity index (χ3n) is 1.58. The minimum Gasteiger partial charge on any atom is -0.468 e. The summed E-state index contributed by atoms with van der Waals surface area (Å²) in [6.07, 6.45) is 0. The maximum atomic E-state index is 10.8. The van der Waals surface area contributed by atoms with Crippen molar-refractivity contribution < 1.29 is 9.53 Å². The number of benzene rings is 1. The molecule has 0 unspecified atom stereocenters. The maximum absolute atomic E-state index is 10.8. The number of esters is 1. The second-order valence-electron chi connectivity index (χ2n) is 2.55. The van der Waals surface area contributed by atoms with Crippen LogP contribution in [-0.2, 0) is 9.53 Å². The van der Waals surface area contributed by atoms with Crippen LogP contribution >= 0.6 is 27.5 Å². The van der Waals surface area contributed by atoms with E-state index in [0.717, 1.165) is 10.2 Å². The van der Waals surface area contributed by atoms with Crippen molar-refractivity contribution in [1.82, 2.24) is 0 Å². The molecule has 1 aromatic rings. The number of rotatable bonds is 3. The Morgan fingerprint density at radius 2 is 2.36 bits per heavy atom. The standard InChI is InChI=1S/C9H9BrClNO2/c1-14-9(13)5-12-8-3-2-6(11)4-7(8)10/h2-4,12H,5H2,1H3. The summed E-state index contributed by atoms with van der Waals surface area (Å²) in [7, 11) is 1.35. The molecule has 3 nitrogen and oxygen atoms in total. The van der Waals surface area contributed by atoms with Crippen molar-refractivity contribution >= 4 is 39.2 Å². The fourth-order valence-electron chi connectivity index (χ4n) is 0.872. The fraction of sp³-hybridized carbons (Fsp3) is 0.222. The highest BCUT2D eigenvalue weighted by Gasteiger charge is 2.03. The first-order valence-corrected chi connectivity index (χ1v) is 5.06. The average molecular weight is 279 g/mol. The summed E-state index contributed by atoms with van der Waals surface area (Å²) in [5, 5.41) is 3.55. The van der Waals surface area contributed by atoms with Crippen LogP contribution in [0, 0.1) is 0 Å². The van der Waals surface area contributed by atoms with Gasteiger partial charge in [0, 0.05) is 15.2 Å². The van der Waals surface area contributed by atoms with E-state index < -0.39 is 0 Å². The predicted octanol–water partition coefficient (Wildman–Crippen LogP) is 2.69. The molecule has 76 valence electrons. The Kier molecular flexibility index (Phi) is 4.22. The molecule has 0 amide bonds. The van der Waals surface area contributed by atoms with Crippen molar-refractivity contribution in [3.05, 3.63) is 27.7 Å². The Morgan fingerprint density at radius 3 is 2.93 bits per heavy atom. The van der Waals surface area contributed by atoms with Crippen LogP contribution in [0.15, 0.2) is 22.7 Å². The van der Waals surface area contributed by atoms with Gasteiger partial charge in [0.15, 0.2) is 0 Å². The van der Waals surface area contributed by atoms with Gasteiger partial charge in [-0.2, -0.15) is 0 Å². The third-order valence-corrected chi connectivity index (χ3v) is 2.47. The molecule has 1 rings (SSSR count). The van der Waals surface area contributed by atoms with Crippen molar-refractivity contribution in [2.45, 2.75) is 0 Å². The Labute approximate surface area is 95.5 Å². The lowest BCUT2D eigenvalue weighted by atomic mass is 10.3. The normalized spacial score (nSPS) is 9.64. The highest BCUT2D eigenvalue weighted by atomic mass is 79.9. The number of nitrogens with one attached hydrogen (secondary N) is 1. The zero-order valence-electron chi connectivity index (χ0n) is 7.51. The summed E-state index contributed by atoms with van der Waals surface area (Å²) in [6, 6.07) is 5.28. The van der Waals surface area contributed by atoms with Gasteiger partial charge in [0.05, 0.1) is 7.11 Å². The number of hydrogen-bond donors (Lipinski definition) is 1. The molecule has 1 N–H and O–H groups in total. The molecular weight excluding hydrogens is 269 g/mol. The lowest BCUT2D eigenvalue weighted by molar-refractivity contribution is -0.138. The molecule has 0 saturated carbocycles. The molecule has 0 aliphatic rings. The van der Waals surface area contributed by atoms with E-state index in [0.29, 0.717) is 5.02 Å². The Balaban J connectivity index is 2.63. The number of carbonyl (C=O) groups is 1. The molecule has 0 aliphatic heterocycles. The van der Waals surface area contributed by atoms with Crippen LogP contribution in [0.5, 0.6) is 0 Å². The molecule has 0 spiro atoms. The lowest BCUT2D eigenvalue weighted by Crippen LogP contribution is -2.15. The van der Waals surface area contributed by atoms with E-state index in [9.17, 15) is 4.79 Å². The lowest BCUT2D eigenvalue weighted by Gasteiger charge is -2.07. The van der Waals surface area contributed by atoms with E-state index in [2.05, 4.69) is 26.0 Å². The molecule has 0 fully saturated rings. The predicted molar refractivity (Wildman–Crippen MR) is 59.7 cm³/mol. The van der Waals surface area contributed by atoms with Gasteiger partial charge in [-0.1, -0.05) is 11.6 Å². The number of anilines is 1. The topological polar surface area (TPSA) is 38.3 Å².